The molecule has 27 heavy (non-hydrogen) atoms. The molecule has 0 atom stereocenters. The van der Waals surface area contributed by atoms with Gasteiger partial charge in [0.25, 0.3) is 0 Å². The average Bonchev–Trinajstić information content (AvgIpc) is 2.71. The molecule has 0 heterocycles. The van der Waals surface area contributed by atoms with Crippen molar-refractivity contribution in [1.29, 1.82) is 0 Å². The summed E-state index contributed by atoms with van der Waals surface area (Å²) >= 11 is -2.67. The van der Waals surface area contributed by atoms with Gasteiger partial charge in [0.1, 0.15) is 0 Å². The Morgan fingerprint density at radius 1 is 0.704 bits per heavy atom. The molecule has 0 saturated heterocycles. The Kier molecular flexibility index (Phi) is 12.2. The third kappa shape index (κ3) is 7.04. The van der Waals surface area contributed by atoms with E-state index in [1.54, 1.807) is 21.3 Å². The molecule has 1 rings (SSSR count). The van der Waals surface area contributed by atoms with Crippen LogP contribution in [0.5, 0.6) is 17.2 Å². The summed E-state index contributed by atoms with van der Waals surface area (Å²) in [5.74, 6) is 2.51. The molecule has 0 aromatic heterocycles. The van der Waals surface area contributed by atoms with Crippen molar-refractivity contribution < 1.29 is 18.9 Å². The summed E-state index contributed by atoms with van der Waals surface area (Å²) in [6, 6.07) is 4.25. The van der Waals surface area contributed by atoms with E-state index in [1.165, 1.54) is 55.4 Å². The van der Waals surface area contributed by atoms with E-state index in [1.807, 2.05) is 6.07 Å². The number of methoxy groups -OCH3 is 3. The summed E-state index contributed by atoms with van der Waals surface area (Å²) in [6.07, 6.45) is 7.67. The molecule has 0 radical (unpaired) electrons. The van der Waals surface area contributed by atoms with E-state index in [0.29, 0.717) is 0 Å². The van der Waals surface area contributed by atoms with E-state index >= 15 is 0 Å². The van der Waals surface area contributed by atoms with Gasteiger partial charge in [0.2, 0.25) is 0 Å². The molecule has 0 unspecified atom stereocenters. The van der Waals surface area contributed by atoms with Gasteiger partial charge in [-0.25, -0.2) is 0 Å². The Morgan fingerprint density at radius 3 is 1.59 bits per heavy atom. The van der Waals surface area contributed by atoms with Crippen molar-refractivity contribution in [3.8, 4) is 17.2 Å². The van der Waals surface area contributed by atoms with E-state index in [4.69, 9.17) is 18.9 Å². The molecule has 1 aromatic rings. The maximum absolute atomic E-state index is 6.07. The van der Waals surface area contributed by atoms with Gasteiger partial charge in [-0.1, -0.05) is 0 Å². The van der Waals surface area contributed by atoms with Crippen LogP contribution in [0.2, 0.25) is 13.3 Å². The molecule has 4 nitrogen and oxygen atoms in total. The summed E-state index contributed by atoms with van der Waals surface area (Å²) in [4.78, 5) is 0. The Bertz CT molecular complexity index is 512. The molecule has 0 bridgehead atoms. The first-order valence-electron chi connectivity index (χ1n) is 10.5. The summed E-state index contributed by atoms with van der Waals surface area (Å²) in [5, 5.41) is 0. The third-order valence-corrected chi connectivity index (χ3v) is 21.0. The van der Waals surface area contributed by atoms with Gasteiger partial charge in [0.15, 0.2) is 0 Å². The van der Waals surface area contributed by atoms with Gasteiger partial charge in [0.05, 0.1) is 0 Å². The fourth-order valence-corrected chi connectivity index (χ4v) is 20.3. The van der Waals surface area contributed by atoms with Crippen molar-refractivity contribution >= 4 is 22.0 Å². The third-order valence-electron chi connectivity index (χ3n) is 5.42. The predicted molar refractivity (Wildman–Crippen MR) is 117 cm³/mol. The maximum atomic E-state index is 6.07. The Labute approximate surface area is 170 Å². The second kappa shape index (κ2) is 13.5. The van der Waals surface area contributed by atoms with Gasteiger partial charge >= 0.3 is 171 Å². The topological polar surface area (TPSA) is 36.9 Å². The molecule has 0 aliphatic heterocycles. The first-order chi connectivity index (χ1) is 13.1. The molecular weight excluding hydrogens is 447 g/mol. The van der Waals surface area contributed by atoms with Crippen LogP contribution in [-0.2, 0) is 4.74 Å². The SMILES string of the molecule is CCC[CH2][Sn]([CH2]CCC)([CH2]CCC)[c]1cc(OC)c(OC)cc1OCOC. The van der Waals surface area contributed by atoms with Crippen molar-refractivity contribution in [1.82, 2.24) is 0 Å². The summed E-state index contributed by atoms with van der Waals surface area (Å²) < 4.78 is 28.1. The van der Waals surface area contributed by atoms with Gasteiger partial charge in [-0.3, -0.25) is 0 Å². The molecule has 0 aliphatic carbocycles. The summed E-state index contributed by atoms with van der Waals surface area (Å²) in [5.41, 5.74) is 0. The first-order valence-corrected chi connectivity index (χ1v) is 18.0. The molecular formula is C22H40O4Sn. The second-order valence-corrected chi connectivity index (χ2v) is 20.5. The van der Waals surface area contributed by atoms with Crippen LogP contribution in [0.25, 0.3) is 0 Å². The van der Waals surface area contributed by atoms with Gasteiger partial charge < -0.3 is 0 Å². The van der Waals surface area contributed by atoms with Crippen LogP contribution >= 0.6 is 0 Å². The zero-order chi connectivity index (χ0) is 20.1. The number of hydrogen-bond acceptors (Lipinski definition) is 4. The van der Waals surface area contributed by atoms with Crippen molar-refractivity contribution in [2.75, 3.05) is 28.1 Å². The molecule has 156 valence electrons. The van der Waals surface area contributed by atoms with E-state index in [9.17, 15) is 0 Å². The zero-order valence-corrected chi connectivity index (χ0v) is 21.2. The van der Waals surface area contributed by atoms with E-state index in [-0.39, 0.29) is 6.79 Å². The monoisotopic (exact) mass is 488 g/mol. The molecule has 0 amide bonds. The van der Waals surface area contributed by atoms with Crippen LogP contribution in [0.4, 0.5) is 0 Å². The fourth-order valence-electron chi connectivity index (χ4n) is 3.84. The number of hydrogen-bond donors (Lipinski definition) is 0. The molecule has 0 saturated carbocycles. The quantitative estimate of drug-likeness (QED) is 0.234. The standard InChI is InChI=1S/C10H13O4.3C4H9.Sn/c1-11-7-14-8-4-5-9(12-2)10(6-8)13-3;3*1-3-4-2;/h5-6H,7H2,1-3H3;3*1,3-4H2,2H3;. The Balaban J connectivity index is 3.52. The number of benzene rings is 1. The minimum absolute atomic E-state index is 0.264. The van der Waals surface area contributed by atoms with Gasteiger partial charge in [-0.2, -0.15) is 0 Å². The van der Waals surface area contributed by atoms with Gasteiger partial charge in [0, 0.05) is 0 Å². The Morgan fingerprint density at radius 2 is 1.19 bits per heavy atom. The molecule has 5 heteroatoms. The summed E-state index contributed by atoms with van der Waals surface area (Å²) in [7, 11) is 5.07. The first kappa shape index (κ1) is 24.4. The number of ether oxygens (including phenoxy) is 4. The molecule has 0 N–H and O–H groups in total. The predicted octanol–water partition coefficient (Wildman–Crippen LogP) is 5.74. The van der Waals surface area contributed by atoms with Crippen LogP contribution in [-0.4, -0.2) is 46.5 Å². The van der Waals surface area contributed by atoms with Crippen LogP contribution in [0.3, 0.4) is 0 Å². The van der Waals surface area contributed by atoms with Gasteiger partial charge in [-0.15, -0.1) is 0 Å². The van der Waals surface area contributed by atoms with Crippen molar-refractivity contribution in [2.45, 2.75) is 72.6 Å². The van der Waals surface area contributed by atoms with Crippen molar-refractivity contribution in [3.63, 3.8) is 0 Å². The second-order valence-electron chi connectivity index (χ2n) is 7.35. The van der Waals surface area contributed by atoms with E-state index < -0.39 is 18.4 Å². The van der Waals surface area contributed by atoms with Gasteiger partial charge in [-0.05, 0) is 0 Å². The molecule has 0 spiro atoms. The normalized spacial score (nSPS) is 11.5. The zero-order valence-electron chi connectivity index (χ0n) is 18.4. The van der Waals surface area contributed by atoms with E-state index in [2.05, 4.69) is 26.8 Å². The van der Waals surface area contributed by atoms with Crippen LogP contribution in [0.1, 0.15) is 59.3 Å². The minimum atomic E-state index is -2.67. The summed E-state index contributed by atoms with van der Waals surface area (Å²) in [6.45, 7) is 7.16. The average molecular weight is 487 g/mol. The van der Waals surface area contributed by atoms with Crippen LogP contribution < -0.4 is 17.8 Å². The van der Waals surface area contributed by atoms with E-state index in [0.717, 1.165) is 17.2 Å². The number of rotatable bonds is 15. The molecule has 0 aliphatic rings. The van der Waals surface area contributed by atoms with Crippen LogP contribution in [0, 0.1) is 0 Å². The molecule has 0 fully saturated rings. The number of unbranched alkanes of at least 4 members (excludes halogenated alkanes) is 3. The Hall–Kier alpha value is -0.621. The van der Waals surface area contributed by atoms with Crippen molar-refractivity contribution in [2.24, 2.45) is 0 Å². The van der Waals surface area contributed by atoms with Crippen LogP contribution in [0.15, 0.2) is 12.1 Å². The molecule has 1 aromatic carbocycles. The van der Waals surface area contributed by atoms with Crippen molar-refractivity contribution in [3.05, 3.63) is 12.1 Å². The fraction of sp³-hybridized carbons (Fsp3) is 0.727.